The highest BCUT2D eigenvalue weighted by Crippen LogP contribution is 2.37. The molecule has 2 heterocycles. The third kappa shape index (κ3) is 4.99. The molecule has 0 radical (unpaired) electrons. The predicted molar refractivity (Wildman–Crippen MR) is 130 cm³/mol. The van der Waals surface area contributed by atoms with Crippen molar-refractivity contribution in [3.05, 3.63) is 47.8 Å². The van der Waals surface area contributed by atoms with E-state index in [-0.39, 0.29) is 0 Å². The Bertz CT molecular complexity index is 1140. The third-order valence-corrected chi connectivity index (χ3v) is 5.63. The van der Waals surface area contributed by atoms with Gasteiger partial charge < -0.3 is 14.8 Å². The average Bonchev–Trinajstić information content (AvgIpc) is 2.74. The number of anilines is 2. The number of ether oxygens (including phenoxy) is 2. The van der Waals surface area contributed by atoms with Gasteiger partial charge in [0.1, 0.15) is 17.7 Å². The lowest BCUT2D eigenvalue weighted by atomic mass is 10.0. The number of methoxy groups -OCH3 is 1. The molecule has 0 fully saturated rings. The summed E-state index contributed by atoms with van der Waals surface area (Å²) in [7, 11) is 3.75. The summed E-state index contributed by atoms with van der Waals surface area (Å²) in [5, 5.41) is 4.43. The Morgan fingerprint density at radius 2 is 2.00 bits per heavy atom. The van der Waals surface area contributed by atoms with Gasteiger partial charge in [-0.1, -0.05) is 12.1 Å². The summed E-state index contributed by atoms with van der Waals surface area (Å²) in [4.78, 5) is 15.9. The number of hydrogen-bond acceptors (Lipinski definition) is 7. The van der Waals surface area contributed by atoms with Crippen LogP contribution in [0.2, 0.25) is 0 Å². The number of fused-ring (bicyclic) bond motifs is 2. The van der Waals surface area contributed by atoms with E-state index >= 15 is 0 Å². The second-order valence-electron chi connectivity index (χ2n) is 8.93. The molecule has 1 N–H and O–H groups in total. The highest BCUT2D eigenvalue weighted by Gasteiger charge is 2.23. The van der Waals surface area contributed by atoms with Gasteiger partial charge in [-0.15, -0.1) is 0 Å². The second-order valence-corrected chi connectivity index (χ2v) is 8.93. The van der Waals surface area contributed by atoms with Crippen molar-refractivity contribution in [3.8, 4) is 11.5 Å². The Morgan fingerprint density at radius 1 is 1.16 bits per heavy atom. The number of aliphatic imine (C=N–C) groups is 1. The van der Waals surface area contributed by atoms with E-state index in [4.69, 9.17) is 9.47 Å². The molecular formula is C25H31N5O2. The summed E-state index contributed by atoms with van der Waals surface area (Å²) in [6.45, 7) is 8.50. The first-order chi connectivity index (χ1) is 15.3. The summed E-state index contributed by atoms with van der Waals surface area (Å²) < 4.78 is 12.0. The third-order valence-electron chi connectivity index (χ3n) is 5.63. The van der Waals surface area contributed by atoms with Crippen LogP contribution in [0.5, 0.6) is 11.5 Å². The fourth-order valence-corrected chi connectivity index (χ4v) is 3.80. The summed E-state index contributed by atoms with van der Waals surface area (Å²) in [6, 6.07) is 10.3. The number of nitrogens with zero attached hydrogens (tertiary/aromatic N) is 4. The maximum atomic E-state index is 6.40. The van der Waals surface area contributed by atoms with Crippen molar-refractivity contribution in [2.45, 2.75) is 39.3 Å². The molecule has 4 rings (SSSR count). The molecule has 0 amide bonds. The summed E-state index contributed by atoms with van der Waals surface area (Å²) in [5.41, 5.74) is 3.78. The van der Waals surface area contributed by atoms with Crippen LogP contribution in [0.15, 0.2) is 41.7 Å². The van der Waals surface area contributed by atoms with Gasteiger partial charge in [-0.3, -0.25) is 9.89 Å². The first-order valence-corrected chi connectivity index (χ1v) is 10.9. The minimum absolute atomic E-state index is 0.409. The molecule has 0 spiro atoms. The lowest BCUT2D eigenvalue weighted by Crippen LogP contribution is -2.29. The lowest BCUT2D eigenvalue weighted by Gasteiger charge is -2.27. The molecule has 2 bridgehead atoms. The number of aromatic nitrogens is 2. The molecule has 2 aromatic carbocycles. The smallest absolute Gasteiger partial charge is 0.162 e. The van der Waals surface area contributed by atoms with Gasteiger partial charge in [0.2, 0.25) is 0 Å². The van der Waals surface area contributed by atoms with E-state index < -0.39 is 5.60 Å². The van der Waals surface area contributed by atoms with Gasteiger partial charge in [-0.25, -0.2) is 9.97 Å². The minimum Gasteiger partial charge on any atom is -0.493 e. The maximum Gasteiger partial charge on any atom is 0.162 e. The summed E-state index contributed by atoms with van der Waals surface area (Å²) in [6.07, 6.45) is 4.34. The molecule has 0 saturated heterocycles. The van der Waals surface area contributed by atoms with Crippen molar-refractivity contribution in [1.29, 1.82) is 0 Å². The maximum absolute atomic E-state index is 6.40. The van der Waals surface area contributed by atoms with E-state index in [1.165, 1.54) is 11.1 Å². The molecular weight excluding hydrogens is 402 g/mol. The molecule has 7 heteroatoms. The summed E-state index contributed by atoms with van der Waals surface area (Å²) in [5.74, 6) is 2.06. The van der Waals surface area contributed by atoms with Crippen LogP contribution in [0.3, 0.4) is 0 Å². The van der Waals surface area contributed by atoms with Crippen LogP contribution in [0, 0.1) is 6.92 Å². The average molecular weight is 434 g/mol. The molecule has 168 valence electrons. The van der Waals surface area contributed by atoms with Crippen LogP contribution in [-0.2, 0) is 6.54 Å². The lowest BCUT2D eigenvalue weighted by molar-refractivity contribution is 0.0983. The molecule has 32 heavy (non-hydrogen) atoms. The fraction of sp³-hybridized carbons (Fsp3) is 0.400. The van der Waals surface area contributed by atoms with Crippen molar-refractivity contribution in [3.63, 3.8) is 0 Å². The van der Waals surface area contributed by atoms with E-state index in [0.717, 1.165) is 41.9 Å². The standard InChI is InChI=1S/C25H31N5O2/c1-17-6-7-18-15-30(4)11-10-26-9-8-25(2,3)32-23-13-19-21(14-22(23)31-5)27-16-28-24(19)29-20(18)12-17/h6-7,10,12-14,16H,8-9,11,15H2,1-5H3,(H,27,28,29). The minimum atomic E-state index is -0.409. The fourth-order valence-electron chi connectivity index (χ4n) is 3.80. The second kappa shape index (κ2) is 9.12. The van der Waals surface area contributed by atoms with Gasteiger partial charge in [0.15, 0.2) is 11.5 Å². The predicted octanol–water partition coefficient (Wildman–Crippen LogP) is 4.75. The highest BCUT2D eigenvalue weighted by molar-refractivity contribution is 5.93. The van der Waals surface area contributed by atoms with Crippen molar-refractivity contribution in [1.82, 2.24) is 14.9 Å². The first-order valence-electron chi connectivity index (χ1n) is 10.9. The number of benzene rings is 2. The van der Waals surface area contributed by atoms with E-state index in [9.17, 15) is 0 Å². The van der Waals surface area contributed by atoms with Gasteiger partial charge in [0, 0.05) is 49.4 Å². The Morgan fingerprint density at radius 3 is 2.81 bits per heavy atom. The number of rotatable bonds is 1. The Hall–Kier alpha value is -3.19. The van der Waals surface area contributed by atoms with Crippen LogP contribution in [-0.4, -0.2) is 53.9 Å². The van der Waals surface area contributed by atoms with Crippen molar-refractivity contribution >= 4 is 28.6 Å². The number of aryl methyl sites for hydroxylation is 1. The van der Waals surface area contributed by atoms with Crippen molar-refractivity contribution in [2.75, 3.05) is 32.6 Å². The first kappa shape index (κ1) is 22.0. The molecule has 3 aromatic rings. The monoisotopic (exact) mass is 433 g/mol. The summed E-state index contributed by atoms with van der Waals surface area (Å²) >= 11 is 0. The molecule has 1 aromatic heterocycles. The van der Waals surface area contributed by atoms with Gasteiger partial charge >= 0.3 is 0 Å². The normalized spacial score (nSPS) is 16.9. The zero-order valence-corrected chi connectivity index (χ0v) is 19.5. The molecule has 1 aliphatic rings. The quantitative estimate of drug-likeness (QED) is 0.597. The van der Waals surface area contributed by atoms with E-state index in [1.54, 1.807) is 13.4 Å². The molecule has 0 unspecified atom stereocenters. The molecule has 7 nitrogen and oxygen atoms in total. The van der Waals surface area contributed by atoms with E-state index in [1.807, 2.05) is 18.3 Å². The number of hydrogen-bond donors (Lipinski definition) is 1. The van der Waals surface area contributed by atoms with Gasteiger partial charge in [0.05, 0.1) is 12.6 Å². The molecule has 0 atom stereocenters. The Kier molecular flexibility index (Phi) is 6.28. The van der Waals surface area contributed by atoms with Crippen LogP contribution in [0.4, 0.5) is 11.5 Å². The number of nitrogens with one attached hydrogen (secondary N) is 1. The zero-order chi connectivity index (χ0) is 22.7. The van der Waals surface area contributed by atoms with Crippen LogP contribution in [0.1, 0.15) is 31.4 Å². The Balaban J connectivity index is 1.86. The van der Waals surface area contributed by atoms with Crippen LogP contribution in [0.25, 0.3) is 10.9 Å². The topological polar surface area (TPSA) is 71.9 Å². The zero-order valence-electron chi connectivity index (χ0n) is 19.5. The highest BCUT2D eigenvalue weighted by atomic mass is 16.5. The van der Waals surface area contributed by atoms with Crippen LogP contribution < -0.4 is 14.8 Å². The van der Waals surface area contributed by atoms with Gasteiger partial charge in [-0.2, -0.15) is 0 Å². The van der Waals surface area contributed by atoms with Crippen LogP contribution >= 0.6 is 0 Å². The van der Waals surface area contributed by atoms with Crippen molar-refractivity contribution in [2.24, 2.45) is 4.99 Å². The molecule has 1 aliphatic heterocycles. The van der Waals surface area contributed by atoms with Crippen molar-refractivity contribution < 1.29 is 9.47 Å². The SMILES string of the molecule is COc1cc2ncnc3c2cc1OC(C)(C)CCN=CCN(C)Cc1ccc(C)cc1N3. The van der Waals surface area contributed by atoms with E-state index in [2.05, 4.69) is 71.2 Å². The van der Waals surface area contributed by atoms with Gasteiger partial charge in [0.25, 0.3) is 0 Å². The van der Waals surface area contributed by atoms with Gasteiger partial charge in [-0.05, 0) is 51.1 Å². The van der Waals surface area contributed by atoms with E-state index in [0.29, 0.717) is 18.0 Å². The Labute approximate surface area is 189 Å². The largest absolute Gasteiger partial charge is 0.493 e. The molecule has 0 aliphatic carbocycles. The molecule has 0 saturated carbocycles.